The minimum atomic E-state index is -0.375. The van der Waals surface area contributed by atoms with Crippen LogP contribution < -0.4 is 10.7 Å². The molecule has 0 spiro atoms. The second kappa shape index (κ2) is 8.43. The number of hydrazone groups is 1. The molecule has 118 valence electrons. The number of carbonyl (C=O) groups is 2. The van der Waals surface area contributed by atoms with Crippen LogP contribution in [0.4, 0.5) is 0 Å². The lowest BCUT2D eigenvalue weighted by Crippen LogP contribution is -2.35. The molecule has 1 heterocycles. The van der Waals surface area contributed by atoms with Gasteiger partial charge in [0.05, 0.1) is 6.54 Å². The van der Waals surface area contributed by atoms with Crippen LogP contribution in [0.25, 0.3) is 0 Å². The predicted octanol–water partition coefficient (Wildman–Crippen LogP) is 1.55. The largest absolute Gasteiger partial charge is 0.343 e. The number of nitrogens with one attached hydrogen (secondary N) is 2. The topological polar surface area (TPSA) is 83.5 Å². The third-order valence-electron chi connectivity index (χ3n) is 3.03. The van der Waals surface area contributed by atoms with Crippen LogP contribution in [0.15, 0.2) is 60.0 Å². The molecule has 0 radical (unpaired) electrons. The van der Waals surface area contributed by atoms with E-state index in [2.05, 4.69) is 20.8 Å². The van der Waals surface area contributed by atoms with Gasteiger partial charge in [0.15, 0.2) is 0 Å². The second-order valence-electron chi connectivity index (χ2n) is 4.96. The summed E-state index contributed by atoms with van der Waals surface area (Å²) in [6.45, 7) is 1.70. The molecule has 0 saturated heterocycles. The quantitative estimate of drug-likeness (QED) is 0.627. The van der Waals surface area contributed by atoms with Crippen LogP contribution in [0.5, 0.6) is 0 Å². The highest BCUT2D eigenvalue weighted by Crippen LogP contribution is 2.00. The molecule has 0 aliphatic rings. The lowest BCUT2D eigenvalue weighted by molar-refractivity contribution is -0.120. The molecule has 0 aliphatic carbocycles. The van der Waals surface area contributed by atoms with E-state index in [0.29, 0.717) is 12.0 Å². The fraction of sp³-hybridized carbons (Fsp3) is 0.176. The highest BCUT2D eigenvalue weighted by molar-refractivity contribution is 5.96. The molecule has 0 saturated carbocycles. The summed E-state index contributed by atoms with van der Waals surface area (Å²) in [5.41, 5.74) is 4.79. The van der Waals surface area contributed by atoms with E-state index in [9.17, 15) is 9.59 Å². The molecule has 6 nitrogen and oxygen atoms in total. The van der Waals surface area contributed by atoms with Gasteiger partial charge in [0.2, 0.25) is 0 Å². The Balaban J connectivity index is 1.76. The van der Waals surface area contributed by atoms with E-state index in [-0.39, 0.29) is 18.4 Å². The summed E-state index contributed by atoms with van der Waals surface area (Å²) in [5.74, 6) is -0.702. The summed E-state index contributed by atoms with van der Waals surface area (Å²) in [6, 6.07) is 13.0. The van der Waals surface area contributed by atoms with Crippen LogP contribution in [-0.2, 0) is 11.2 Å². The smallest absolute Gasteiger partial charge is 0.259 e. The zero-order valence-corrected chi connectivity index (χ0v) is 12.8. The van der Waals surface area contributed by atoms with Gasteiger partial charge in [-0.1, -0.05) is 30.3 Å². The molecule has 0 bridgehead atoms. The Hall–Kier alpha value is -3.02. The standard InChI is InChI=1S/C17H18N4O2/c1-13(11-14-5-3-2-4-6-14)20-21-16(22)12-19-17(23)15-7-9-18-10-8-15/h2-10H,11-12H2,1H3,(H,19,23)(H,21,22)/b20-13+. The number of carbonyl (C=O) groups excluding carboxylic acids is 2. The molecule has 2 N–H and O–H groups in total. The average molecular weight is 310 g/mol. The van der Waals surface area contributed by atoms with Crippen molar-refractivity contribution in [3.63, 3.8) is 0 Å². The number of rotatable bonds is 6. The van der Waals surface area contributed by atoms with Gasteiger partial charge in [0.1, 0.15) is 0 Å². The lowest BCUT2D eigenvalue weighted by Gasteiger charge is -2.05. The number of hydrogen-bond acceptors (Lipinski definition) is 4. The van der Waals surface area contributed by atoms with E-state index in [1.54, 1.807) is 12.1 Å². The Bertz CT molecular complexity index is 684. The SMILES string of the molecule is C/C(Cc1ccccc1)=N\NC(=O)CNC(=O)c1ccncc1. The maximum atomic E-state index is 11.8. The fourth-order valence-corrected chi connectivity index (χ4v) is 1.89. The van der Waals surface area contributed by atoms with Gasteiger partial charge in [-0.25, -0.2) is 5.43 Å². The maximum Gasteiger partial charge on any atom is 0.259 e. The minimum Gasteiger partial charge on any atom is -0.343 e. The van der Waals surface area contributed by atoms with Crippen LogP contribution in [0.2, 0.25) is 0 Å². The van der Waals surface area contributed by atoms with Crippen molar-refractivity contribution in [3.05, 3.63) is 66.0 Å². The molecule has 2 rings (SSSR count). The van der Waals surface area contributed by atoms with Gasteiger partial charge in [0.25, 0.3) is 11.8 Å². The van der Waals surface area contributed by atoms with Crippen LogP contribution in [0.3, 0.4) is 0 Å². The molecule has 0 aliphatic heterocycles. The molecular formula is C17H18N4O2. The predicted molar refractivity (Wildman–Crippen MR) is 88.0 cm³/mol. The van der Waals surface area contributed by atoms with Crippen molar-refractivity contribution in [1.29, 1.82) is 0 Å². The third-order valence-corrected chi connectivity index (χ3v) is 3.03. The Morgan fingerprint density at radius 2 is 1.78 bits per heavy atom. The van der Waals surface area contributed by atoms with Crippen molar-refractivity contribution in [2.24, 2.45) is 5.10 Å². The average Bonchev–Trinajstić information content (AvgIpc) is 2.59. The summed E-state index contributed by atoms with van der Waals surface area (Å²) < 4.78 is 0. The minimum absolute atomic E-state index is 0.136. The van der Waals surface area contributed by atoms with Gasteiger partial charge in [-0.3, -0.25) is 14.6 Å². The number of benzene rings is 1. The first-order valence-corrected chi connectivity index (χ1v) is 7.19. The molecular weight excluding hydrogens is 292 g/mol. The van der Waals surface area contributed by atoms with E-state index < -0.39 is 0 Å². The highest BCUT2D eigenvalue weighted by atomic mass is 16.2. The van der Waals surface area contributed by atoms with Gasteiger partial charge in [-0.15, -0.1) is 0 Å². The summed E-state index contributed by atoms with van der Waals surface area (Å²) in [4.78, 5) is 27.3. The van der Waals surface area contributed by atoms with Crippen molar-refractivity contribution in [3.8, 4) is 0 Å². The first-order valence-electron chi connectivity index (χ1n) is 7.19. The molecule has 0 unspecified atom stereocenters. The Morgan fingerprint density at radius 1 is 1.09 bits per heavy atom. The molecule has 2 amide bonds. The van der Waals surface area contributed by atoms with E-state index in [4.69, 9.17) is 0 Å². The number of aromatic nitrogens is 1. The molecule has 1 aromatic carbocycles. The third kappa shape index (κ3) is 5.70. The zero-order chi connectivity index (χ0) is 16.5. The lowest BCUT2D eigenvalue weighted by atomic mass is 10.1. The van der Waals surface area contributed by atoms with Gasteiger partial charge in [-0.2, -0.15) is 5.10 Å². The molecule has 6 heteroatoms. The monoisotopic (exact) mass is 310 g/mol. The summed E-state index contributed by atoms with van der Waals surface area (Å²) in [6.07, 6.45) is 3.70. The number of nitrogens with zero attached hydrogens (tertiary/aromatic N) is 2. The first kappa shape index (κ1) is 16.4. The Labute approximate surface area is 134 Å². The molecule has 0 fully saturated rings. The summed E-state index contributed by atoms with van der Waals surface area (Å²) in [7, 11) is 0. The number of hydrogen-bond donors (Lipinski definition) is 2. The summed E-state index contributed by atoms with van der Waals surface area (Å²) in [5, 5.41) is 6.55. The molecule has 0 atom stereocenters. The van der Waals surface area contributed by atoms with Gasteiger partial charge in [0, 0.05) is 30.1 Å². The van der Waals surface area contributed by atoms with Crippen molar-refractivity contribution in [2.45, 2.75) is 13.3 Å². The number of pyridine rings is 1. The molecule has 2 aromatic rings. The first-order chi connectivity index (χ1) is 11.1. The van der Waals surface area contributed by atoms with Gasteiger partial charge >= 0.3 is 0 Å². The van der Waals surface area contributed by atoms with Crippen LogP contribution in [-0.4, -0.2) is 29.1 Å². The Morgan fingerprint density at radius 3 is 2.48 bits per heavy atom. The number of amides is 2. The normalized spacial score (nSPS) is 10.9. The van der Waals surface area contributed by atoms with Crippen LogP contribution >= 0.6 is 0 Å². The Kier molecular flexibility index (Phi) is 5.99. The van der Waals surface area contributed by atoms with Crippen LogP contribution in [0, 0.1) is 0 Å². The second-order valence-corrected chi connectivity index (χ2v) is 4.96. The van der Waals surface area contributed by atoms with E-state index in [1.165, 1.54) is 12.4 Å². The van der Waals surface area contributed by atoms with Crippen molar-refractivity contribution in [2.75, 3.05) is 6.54 Å². The van der Waals surface area contributed by atoms with Gasteiger partial charge < -0.3 is 5.32 Å². The van der Waals surface area contributed by atoms with Crippen molar-refractivity contribution >= 4 is 17.5 Å². The molecule has 23 heavy (non-hydrogen) atoms. The zero-order valence-electron chi connectivity index (χ0n) is 12.8. The fourth-order valence-electron chi connectivity index (χ4n) is 1.89. The highest BCUT2D eigenvalue weighted by Gasteiger charge is 2.07. The van der Waals surface area contributed by atoms with Gasteiger partial charge in [-0.05, 0) is 24.6 Å². The van der Waals surface area contributed by atoms with E-state index in [0.717, 1.165) is 11.3 Å². The van der Waals surface area contributed by atoms with Crippen LogP contribution in [0.1, 0.15) is 22.8 Å². The maximum absolute atomic E-state index is 11.8. The van der Waals surface area contributed by atoms with Crippen molar-refractivity contribution in [1.82, 2.24) is 15.7 Å². The molecule has 1 aromatic heterocycles. The van der Waals surface area contributed by atoms with E-state index >= 15 is 0 Å². The van der Waals surface area contributed by atoms with E-state index in [1.807, 2.05) is 37.3 Å². The van der Waals surface area contributed by atoms with Crippen molar-refractivity contribution < 1.29 is 9.59 Å². The summed E-state index contributed by atoms with van der Waals surface area (Å²) >= 11 is 0.